The van der Waals surface area contributed by atoms with Crippen LogP contribution in [0.1, 0.15) is 26.3 Å². The highest BCUT2D eigenvalue weighted by atomic mass is 14.9. The van der Waals surface area contributed by atoms with Crippen molar-refractivity contribution in [2.75, 3.05) is 0 Å². The van der Waals surface area contributed by atoms with E-state index in [9.17, 15) is 0 Å². The van der Waals surface area contributed by atoms with Crippen molar-refractivity contribution in [3.05, 3.63) is 66.4 Å². The summed E-state index contributed by atoms with van der Waals surface area (Å²) in [6, 6.07) is 15.5. The Balaban J connectivity index is 0.000000637. The lowest BCUT2D eigenvalue weighted by Crippen LogP contribution is -2.20. The van der Waals surface area contributed by atoms with Gasteiger partial charge in [-0.25, -0.2) is 0 Å². The highest BCUT2D eigenvalue weighted by molar-refractivity contribution is 5.88. The molecule has 1 heterocycles. The van der Waals surface area contributed by atoms with Gasteiger partial charge in [-0.15, -0.1) is 0 Å². The summed E-state index contributed by atoms with van der Waals surface area (Å²) in [4.78, 5) is 0. The van der Waals surface area contributed by atoms with Crippen molar-refractivity contribution < 1.29 is 0 Å². The SMILES string of the molecule is CC.CC1C=CC(c2ccc3ccccc3c2)=CN1. The van der Waals surface area contributed by atoms with Gasteiger partial charge in [-0.3, -0.25) is 0 Å². The van der Waals surface area contributed by atoms with Crippen LogP contribution in [-0.4, -0.2) is 6.04 Å². The van der Waals surface area contributed by atoms with Crippen LogP contribution in [0.3, 0.4) is 0 Å². The maximum absolute atomic E-state index is 3.33. The Labute approximate surface area is 115 Å². The highest BCUT2D eigenvalue weighted by Crippen LogP contribution is 2.23. The Hall–Kier alpha value is -2.02. The Morgan fingerprint density at radius 2 is 1.68 bits per heavy atom. The first-order valence-electron chi connectivity index (χ1n) is 6.96. The molecule has 98 valence electrons. The predicted octanol–water partition coefficient (Wildman–Crippen LogP) is 4.75. The number of benzene rings is 2. The minimum Gasteiger partial charge on any atom is -0.384 e. The molecule has 2 aromatic rings. The molecule has 1 unspecified atom stereocenters. The molecule has 0 radical (unpaired) electrons. The number of nitrogens with one attached hydrogen (secondary N) is 1. The van der Waals surface area contributed by atoms with E-state index in [4.69, 9.17) is 0 Å². The molecule has 3 rings (SSSR count). The Bertz CT molecular complexity index is 608. The Kier molecular flexibility index (Phi) is 4.40. The van der Waals surface area contributed by atoms with Crippen molar-refractivity contribution in [3.8, 4) is 0 Å². The quantitative estimate of drug-likeness (QED) is 0.771. The second-order valence-electron chi connectivity index (χ2n) is 4.48. The minimum atomic E-state index is 0.430. The fourth-order valence-corrected chi connectivity index (χ4v) is 2.12. The van der Waals surface area contributed by atoms with Crippen molar-refractivity contribution in [1.82, 2.24) is 5.32 Å². The van der Waals surface area contributed by atoms with E-state index in [0.29, 0.717) is 6.04 Å². The van der Waals surface area contributed by atoms with Gasteiger partial charge in [0.2, 0.25) is 0 Å². The van der Waals surface area contributed by atoms with E-state index in [-0.39, 0.29) is 0 Å². The lowest BCUT2D eigenvalue weighted by Gasteiger charge is -2.15. The summed E-state index contributed by atoms with van der Waals surface area (Å²) in [6.07, 6.45) is 6.46. The first-order valence-corrected chi connectivity index (χ1v) is 6.96. The summed E-state index contributed by atoms with van der Waals surface area (Å²) in [6.45, 7) is 6.14. The third-order valence-corrected chi connectivity index (χ3v) is 3.15. The maximum atomic E-state index is 3.33. The zero-order valence-corrected chi connectivity index (χ0v) is 11.9. The monoisotopic (exact) mass is 251 g/mol. The van der Waals surface area contributed by atoms with Gasteiger partial charge in [0.25, 0.3) is 0 Å². The zero-order valence-electron chi connectivity index (χ0n) is 11.9. The van der Waals surface area contributed by atoms with Crippen LogP contribution in [0.15, 0.2) is 60.8 Å². The van der Waals surface area contributed by atoms with E-state index in [1.807, 2.05) is 13.8 Å². The molecule has 19 heavy (non-hydrogen) atoms. The molecule has 0 amide bonds. The average Bonchev–Trinajstić information content (AvgIpc) is 2.49. The van der Waals surface area contributed by atoms with Gasteiger partial charge in [-0.05, 0) is 34.9 Å². The molecule has 1 N–H and O–H groups in total. The second kappa shape index (κ2) is 6.24. The molecule has 0 fully saturated rings. The van der Waals surface area contributed by atoms with Crippen LogP contribution in [0, 0.1) is 0 Å². The van der Waals surface area contributed by atoms with E-state index in [1.54, 1.807) is 0 Å². The van der Waals surface area contributed by atoms with Crippen LogP contribution in [-0.2, 0) is 0 Å². The summed E-state index contributed by atoms with van der Waals surface area (Å²) in [5.41, 5.74) is 2.51. The molecule has 1 atom stereocenters. The fourth-order valence-electron chi connectivity index (χ4n) is 2.12. The van der Waals surface area contributed by atoms with Crippen LogP contribution < -0.4 is 5.32 Å². The van der Waals surface area contributed by atoms with Gasteiger partial charge in [-0.2, -0.15) is 0 Å². The van der Waals surface area contributed by atoms with Crippen molar-refractivity contribution in [3.63, 3.8) is 0 Å². The Morgan fingerprint density at radius 1 is 0.947 bits per heavy atom. The molecular weight excluding hydrogens is 230 g/mol. The van der Waals surface area contributed by atoms with Gasteiger partial charge >= 0.3 is 0 Å². The number of allylic oxidation sites excluding steroid dienone is 2. The normalized spacial score (nSPS) is 17.2. The summed E-state index contributed by atoms with van der Waals surface area (Å²) in [5, 5.41) is 5.91. The molecule has 0 aliphatic carbocycles. The van der Waals surface area contributed by atoms with Gasteiger partial charge in [0, 0.05) is 12.2 Å². The van der Waals surface area contributed by atoms with Crippen molar-refractivity contribution in [2.45, 2.75) is 26.8 Å². The number of fused-ring (bicyclic) bond motifs is 1. The lowest BCUT2D eigenvalue weighted by atomic mass is 10.00. The summed E-state index contributed by atoms with van der Waals surface area (Å²) in [5.74, 6) is 0. The van der Waals surface area contributed by atoms with Crippen molar-refractivity contribution in [2.24, 2.45) is 0 Å². The fraction of sp³-hybridized carbons (Fsp3) is 0.222. The van der Waals surface area contributed by atoms with Crippen molar-refractivity contribution in [1.29, 1.82) is 0 Å². The third kappa shape index (κ3) is 3.05. The van der Waals surface area contributed by atoms with Crippen LogP contribution in [0.5, 0.6) is 0 Å². The van der Waals surface area contributed by atoms with Crippen LogP contribution in [0.2, 0.25) is 0 Å². The second-order valence-corrected chi connectivity index (χ2v) is 4.48. The molecule has 0 saturated heterocycles. The number of rotatable bonds is 1. The topological polar surface area (TPSA) is 12.0 Å². The molecule has 2 aromatic carbocycles. The van der Waals surface area contributed by atoms with Gasteiger partial charge < -0.3 is 5.32 Å². The standard InChI is InChI=1S/C16H15N.C2H6/c1-12-6-7-16(11-17-12)15-9-8-13-4-2-3-5-14(13)10-15;1-2/h2-12,17H,1H3;1-2H3. The van der Waals surface area contributed by atoms with E-state index >= 15 is 0 Å². The molecule has 1 nitrogen and oxygen atoms in total. The largest absolute Gasteiger partial charge is 0.384 e. The molecule has 0 aromatic heterocycles. The van der Waals surface area contributed by atoms with E-state index in [1.165, 1.54) is 21.9 Å². The Morgan fingerprint density at radius 3 is 2.37 bits per heavy atom. The van der Waals surface area contributed by atoms with Crippen LogP contribution >= 0.6 is 0 Å². The number of dihydropyridines is 1. The van der Waals surface area contributed by atoms with Gasteiger partial charge in [0.1, 0.15) is 0 Å². The van der Waals surface area contributed by atoms with Crippen LogP contribution in [0.4, 0.5) is 0 Å². The van der Waals surface area contributed by atoms with E-state index in [0.717, 1.165) is 0 Å². The summed E-state index contributed by atoms with van der Waals surface area (Å²) < 4.78 is 0. The predicted molar refractivity (Wildman–Crippen MR) is 85.0 cm³/mol. The van der Waals surface area contributed by atoms with Gasteiger partial charge in [0.15, 0.2) is 0 Å². The molecule has 1 aliphatic rings. The zero-order chi connectivity index (χ0) is 13.7. The first-order chi connectivity index (χ1) is 9.33. The van der Waals surface area contributed by atoms with Crippen LogP contribution in [0.25, 0.3) is 16.3 Å². The first kappa shape index (κ1) is 13.4. The van der Waals surface area contributed by atoms with E-state index in [2.05, 4.69) is 73.1 Å². The minimum absolute atomic E-state index is 0.430. The molecule has 0 spiro atoms. The van der Waals surface area contributed by atoms with Gasteiger partial charge in [0.05, 0.1) is 0 Å². The third-order valence-electron chi connectivity index (χ3n) is 3.15. The maximum Gasteiger partial charge on any atom is 0.0414 e. The van der Waals surface area contributed by atoms with Gasteiger partial charge in [-0.1, -0.05) is 62.4 Å². The lowest BCUT2D eigenvalue weighted by molar-refractivity contribution is 0.764. The number of hydrogen-bond acceptors (Lipinski definition) is 1. The molecule has 0 saturated carbocycles. The van der Waals surface area contributed by atoms with E-state index < -0.39 is 0 Å². The molecule has 1 heteroatoms. The van der Waals surface area contributed by atoms with Crippen molar-refractivity contribution >= 4 is 16.3 Å². The summed E-state index contributed by atoms with van der Waals surface area (Å²) >= 11 is 0. The smallest absolute Gasteiger partial charge is 0.0414 e. The average molecular weight is 251 g/mol. The highest BCUT2D eigenvalue weighted by Gasteiger charge is 2.05. The molecular formula is C18H21N. The molecule has 0 bridgehead atoms. The summed E-state index contributed by atoms with van der Waals surface area (Å²) in [7, 11) is 0. The molecule has 1 aliphatic heterocycles. The number of hydrogen-bond donors (Lipinski definition) is 1.